The van der Waals surface area contributed by atoms with Crippen LogP contribution >= 0.6 is 0 Å². The van der Waals surface area contributed by atoms with Gasteiger partial charge in [0.1, 0.15) is 11.5 Å². The Labute approximate surface area is 143 Å². The molecule has 0 spiro atoms. The summed E-state index contributed by atoms with van der Waals surface area (Å²) in [6, 6.07) is 5.79. The second-order valence-electron chi connectivity index (χ2n) is 5.72. The maximum absolute atomic E-state index is 12.0. The van der Waals surface area contributed by atoms with Gasteiger partial charge in [-0.15, -0.1) is 0 Å². The van der Waals surface area contributed by atoms with Crippen LogP contribution in [-0.2, 0) is 9.53 Å². The van der Waals surface area contributed by atoms with Crippen molar-refractivity contribution in [2.75, 3.05) is 47.1 Å². The molecule has 0 bridgehead atoms. The lowest BCUT2D eigenvalue weighted by atomic mass is 10.2. The highest BCUT2D eigenvalue weighted by Gasteiger charge is 2.16. The van der Waals surface area contributed by atoms with E-state index in [2.05, 4.69) is 17.1 Å². The topological polar surface area (TPSA) is 60.0 Å². The highest BCUT2D eigenvalue weighted by Crippen LogP contribution is 2.23. The average molecular weight is 334 g/mol. The molecule has 0 saturated carbocycles. The molecule has 6 heteroatoms. The van der Waals surface area contributed by atoms with Gasteiger partial charge >= 0.3 is 0 Å². The number of morpholine rings is 1. The van der Waals surface area contributed by atoms with Gasteiger partial charge in [-0.25, -0.2) is 0 Å². The van der Waals surface area contributed by atoms with E-state index in [-0.39, 0.29) is 5.91 Å². The van der Waals surface area contributed by atoms with Crippen LogP contribution in [0.1, 0.15) is 12.5 Å². The van der Waals surface area contributed by atoms with Gasteiger partial charge in [-0.05, 0) is 30.7 Å². The Balaban J connectivity index is 1.86. The van der Waals surface area contributed by atoms with Crippen molar-refractivity contribution in [2.45, 2.75) is 13.0 Å². The number of benzene rings is 1. The third kappa shape index (κ3) is 5.54. The fourth-order valence-corrected chi connectivity index (χ4v) is 2.55. The first-order valence-corrected chi connectivity index (χ1v) is 8.13. The normalized spacial score (nSPS) is 16.8. The molecule has 1 aromatic carbocycles. The summed E-state index contributed by atoms with van der Waals surface area (Å²) in [5, 5.41) is 2.94. The summed E-state index contributed by atoms with van der Waals surface area (Å²) in [5.74, 6) is 1.27. The second kappa shape index (κ2) is 9.30. The summed E-state index contributed by atoms with van der Waals surface area (Å²) >= 11 is 0. The van der Waals surface area contributed by atoms with E-state index >= 15 is 0 Å². The van der Waals surface area contributed by atoms with Gasteiger partial charge in [-0.2, -0.15) is 0 Å². The molecule has 6 nitrogen and oxygen atoms in total. The maximum atomic E-state index is 12.0. The zero-order chi connectivity index (χ0) is 17.4. The number of methoxy groups -OCH3 is 2. The molecule has 1 heterocycles. The SMILES string of the molecule is COc1cc(C=CC(=O)NCC(C)N2CCOCC2)cc(OC)c1. The van der Waals surface area contributed by atoms with Gasteiger partial charge in [0.05, 0.1) is 27.4 Å². The Bertz CT molecular complexity index is 546. The van der Waals surface area contributed by atoms with Gasteiger partial charge < -0.3 is 19.5 Å². The van der Waals surface area contributed by atoms with Gasteiger partial charge in [0, 0.05) is 37.8 Å². The number of rotatable bonds is 7. The van der Waals surface area contributed by atoms with Crippen LogP contribution in [0.4, 0.5) is 0 Å². The Morgan fingerprint density at radius 2 is 1.88 bits per heavy atom. The number of nitrogens with zero attached hydrogens (tertiary/aromatic N) is 1. The van der Waals surface area contributed by atoms with E-state index in [1.165, 1.54) is 6.08 Å². The van der Waals surface area contributed by atoms with Gasteiger partial charge in [-0.3, -0.25) is 9.69 Å². The molecule has 132 valence electrons. The molecule has 1 N–H and O–H groups in total. The molecule has 1 unspecified atom stereocenters. The number of amides is 1. The predicted molar refractivity (Wildman–Crippen MR) is 93.4 cm³/mol. The lowest BCUT2D eigenvalue weighted by Gasteiger charge is -2.32. The molecule has 0 radical (unpaired) electrons. The number of nitrogens with one attached hydrogen (secondary N) is 1. The fourth-order valence-electron chi connectivity index (χ4n) is 2.55. The highest BCUT2D eigenvalue weighted by atomic mass is 16.5. The Morgan fingerprint density at radius 1 is 1.25 bits per heavy atom. The largest absolute Gasteiger partial charge is 0.497 e. The van der Waals surface area contributed by atoms with Crippen molar-refractivity contribution in [3.05, 3.63) is 29.8 Å². The average Bonchev–Trinajstić information content (AvgIpc) is 2.64. The van der Waals surface area contributed by atoms with Crippen LogP contribution in [0, 0.1) is 0 Å². The lowest BCUT2D eigenvalue weighted by Crippen LogP contribution is -2.47. The molecule has 1 atom stereocenters. The van der Waals surface area contributed by atoms with E-state index in [0.29, 0.717) is 24.1 Å². The summed E-state index contributed by atoms with van der Waals surface area (Å²) in [7, 11) is 3.20. The van der Waals surface area contributed by atoms with Crippen LogP contribution in [-0.4, -0.2) is 63.9 Å². The Morgan fingerprint density at radius 3 is 2.46 bits per heavy atom. The number of hydrogen-bond acceptors (Lipinski definition) is 5. The molecule has 1 aromatic rings. The Kier molecular flexibility index (Phi) is 7.08. The minimum Gasteiger partial charge on any atom is -0.497 e. The van der Waals surface area contributed by atoms with Crippen LogP contribution < -0.4 is 14.8 Å². The third-order valence-corrected chi connectivity index (χ3v) is 4.04. The number of hydrogen-bond donors (Lipinski definition) is 1. The summed E-state index contributed by atoms with van der Waals surface area (Å²) in [5.41, 5.74) is 0.850. The molecule has 24 heavy (non-hydrogen) atoms. The molecular weight excluding hydrogens is 308 g/mol. The molecule has 1 amide bonds. The van der Waals surface area contributed by atoms with Crippen molar-refractivity contribution in [1.29, 1.82) is 0 Å². The van der Waals surface area contributed by atoms with Crippen molar-refractivity contribution in [2.24, 2.45) is 0 Å². The van der Waals surface area contributed by atoms with Gasteiger partial charge in [-0.1, -0.05) is 0 Å². The Hall–Kier alpha value is -2.05. The monoisotopic (exact) mass is 334 g/mol. The molecule has 1 aliphatic heterocycles. The number of carbonyl (C=O) groups excluding carboxylic acids is 1. The van der Waals surface area contributed by atoms with Crippen LogP contribution in [0.25, 0.3) is 6.08 Å². The highest BCUT2D eigenvalue weighted by molar-refractivity contribution is 5.91. The van der Waals surface area contributed by atoms with Crippen molar-refractivity contribution >= 4 is 12.0 Å². The molecule has 0 aliphatic carbocycles. The number of carbonyl (C=O) groups is 1. The molecular formula is C18H26N2O4. The first-order valence-electron chi connectivity index (χ1n) is 8.13. The van der Waals surface area contributed by atoms with E-state index in [9.17, 15) is 4.79 Å². The van der Waals surface area contributed by atoms with Gasteiger partial charge in [0.2, 0.25) is 5.91 Å². The van der Waals surface area contributed by atoms with E-state index in [4.69, 9.17) is 14.2 Å². The molecule has 0 aromatic heterocycles. The summed E-state index contributed by atoms with van der Waals surface area (Å²) in [6.45, 7) is 6.07. The maximum Gasteiger partial charge on any atom is 0.244 e. The molecule has 1 aliphatic rings. The zero-order valence-corrected chi connectivity index (χ0v) is 14.6. The zero-order valence-electron chi connectivity index (χ0n) is 14.6. The van der Waals surface area contributed by atoms with E-state index in [0.717, 1.165) is 31.9 Å². The van der Waals surface area contributed by atoms with Gasteiger partial charge in [0.25, 0.3) is 0 Å². The molecule has 1 fully saturated rings. The minimum absolute atomic E-state index is 0.114. The van der Waals surface area contributed by atoms with Gasteiger partial charge in [0.15, 0.2) is 0 Å². The van der Waals surface area contributed by atoms with Crippen molar-refractivity contribution < 1.29 is 19.0 Å². The van der Waals surface area contributed by atoms with E-state index in [1.54, 1.807) is 26.4 Å². The van der Waals surface area contributed by atoms with Crippen LogP contribution in [0.3, 0.4) is 0 Å². The smallest absolute Gasteiger partial charge is 0.244 e. The van der Waals surface area contributed by atoms with Crippen LogP contribution in [0.2, 0.25) is 0 Å². The van der Waals surface area contributed by atoms with Crippen LogP contribution in [0.15, 0.2) is 24.3 Å². The van der Waals surface area contributed by atoms with Crippen molar-refractivity contribution in [1.82, 2.24) is 10.2 Å². The minimum atomic E-state index is -0.114. The van der Waals surface area contributed by atoms with E-state index < -0.39 is 0 Å². The predicted octanol–water partition coefficient (Wildman–Crippen LogP) is 1.55. The second-order valence-corrected chi connectivity index (χ2v) is 5.72. The lowest BCUT2D eigenvalue weighted by molar-refractivity contribution is -0.116. The standard InChI is InChI=1S/C18H26N2O4/c1-14(20-6-8-24-9-7-20)13-19-18(21)5-4-15-10-16(22-2)12-17(11-15)23-3/h4-5,10-12,14H,6-9,13H2,1-3H3,(H,19,21). The summed E-state index contributed by atoms with van der Waals surface area (Å²) in [4.78, 5) is 14.3. The molecule has 2 rings (SSSR count). The fraction of sp³-hybridized carbons (Fsp3) is 0.500. The first kappa shape index (κ1) is 18.3. The third-order valence-electron chi connectivity index (χ3n) is 4.04. The van der Waals surface area contributed by atoms with Crippen LogP contribution in [0.5, 0.6) is 11.5 Å². The van der Waals surface area contributed by atoms with Crippen molar-refractivity contribution in [3.8, 4) is 11.5 Å². The summed E-state index contributed by atoms with van der Waals surface area (Å²) in [6.07, 6.45) is 3.28. The molecule has 1 saturated heterocycles. The first-order chi connectivity index (χ1) is 11.6. The number of ether oxygens (including phenoxy) is 3. The van der Waals surface area contributed by atoms with E-state index in [1.807, 2.05) is 12.1 Å². The van der Waals surface area contributed by atoms with Crippen molar-refractivity contribution in [3.63, 3.8) is 0 Å². The summed E-state index contributed by atoms with van der Waals surface area (Å²) < 4.78 is 15.8. The quantitative estimate of drug-likeness (QED) is 0.767.